The molecule has 1 fully saturated rings. The Balaban J connectivity index is 2.11. The first-order chi connectivity index (χ1) is 12.4. The van der Waals surface area contributed by atoms with E-state index in [1.54, 1.807) is 28.8 Å². The van der Waals surface area contributed by atoms with Gasteiger partial charge < -0.3 is 15.3 Å². The van der Waals surface area contributed by atoms with Crippen molar-refractivity contribution in [2.24, 2.45) is 0 Å². The number of carbonyl (C=O) groups excluding carboxylic acids is 2. The standard InChI is InChI=1S/C19H26N2O4S/c1-13-5-3-6-14(11-13)18(24)20-16(8-10-26-2)19(25)21-9-4-7-15(21)12-17(22)23/h3,5-6,11,15-16H,4,7-10,12H2,1-2H3,(H,20,24)(H,22,23). The van der Waals surface area contributed by atoms with E-state index in [9.17, 15) is 14.4 Å². The van der Waals surface area contributed by atoms with Crippen molar-refractivity contribution in [2.75, 3.05) is 18.6 Å². The first-order valence-electron chi connectivity index (χ1n) is 8.81. The number of aliphatic carboxylic acids is 1. The van der Waals surface area contributed by atoms with Gasteiger partial charge in [0.15, 0.2) is 0 Å². The van der Waals surface area contributed by atoms with Crippen molar-refractivity contribution in [2.45, 2.75) is 44.7 Å². The molecule has 1 saturated heterocycles. The van der Waals surface area contributed by atoms with Crippen molar-refractivity contribution < 1.29 is 19.5 Å². The summed E-state index contributed by atoms with van der Waals surface area (Å²) in [5.41, 5.74) is 1.50. The average molecular weight is 378 g/mol. The molecule has 0 aromatic heterocycles. The zero-order chi connectivity index (χ0) is 19.1. The molecule has 2 unspecified atom stereocenters. The topological polar surface area (TPSA) is 86.7 Å². The van der Waals surface area contributed by atoms with Crippen molar-refractivity contribution in [3.8, 4) is 0 Å². The summed E-state index contributed by atoms with van der Waals surface area (Å²) >= 11 is 1.61. The molecule has 2 N–H and O–H groups in total. The lowest BCUT2D eigenvalue weighted by molar-refractivity contribution is -0.140. The fourth-order valence-corrected chi connectivity index (χ4v) is 3.73. The molecule has 1 heterocycles. The Morgan fingerprint density at radius 3 is 2.81 bits per heavy atom. The Kier molecular flexibility index (Phi) is 7.50. The zero-order valence-corrected chi connectivity index (χ0v) is 16.1. The summed E-state index contributed by atoms with van der Waals surface area (Å²) in [6.07, 6.45) is 3.91. The molecular weight excluding hydrogens is 352 g/mol. The van der Waals surface area contributed by atoms with Crippen molar-refractivity contribution in [1.29, 1.82) is 0 Å². The summed E-state index contributed by atoms with van der Waals surface area (Å²) in [6.45, 7) is 2.46. The Hall–Kier alpha value is -2.02. The van der Waals surface area contributed by atoms with Gasteiger partial charge in [-0.15, -0.1) is 0 Å². The molecule has 0 aliphatic carbocycles. The van der Waals surface area contributed by atoms with E-state index in [1.165, 1.54) is 0 Å². The van der Waals surface area contributed by atoms with Crippen LogP contribution in [0, 0.1) is 6.92 Å². The van der Waals surface area contributed by atoms with Gasteiger partial charge in [-0.1, -0.05) is 17.7 Å². The van der Waals surface area contributed by atoms with Crippen LogP contribution in [-0.4, -0.2) is 58.4 Å². The summed E-state index contributed by atoms with van der Waals surface area (Å²) in [6, 6.07) is 6.31. The number of amides is 2. The van der Waals surface area contributed by atoms with Crippen LogP contribution in [0.2, 0.25) is 0 Å². The van der Waals surface area contributed by atoms with Crippen LogP contribution in [0.5, 0.6) is 0 Å². The van der Waals surface area contributed by atoms with E-state index >= 15 is 0 Å². The summed E-state index contributed by atoms with van der Waals surface area (Å²) in [5, 5.41) is 11.9. The normalized spacial score (nSPS) is 17.8. The first-order valence-corrected chi connectivity index (χ1v) is 10.2. The smallest absolute Gasteiger partial charge is 0.305 e. The number of hydrogen-bond acceptors (Lipinski definition) is 4. The van der Waals surface area contributed by atoms with Gasteiger partial charge in [0.05, 0.1) is 6.42 Å². The Morgan fingerprint density at radius 2 is 2.15 bits per heavy atom. The molecule has 0 bridgehead atoms. The summed E-state index contributed by atoms with van der Waals surface area (Å²) in [5.74, 6) is -0.618. The minimum Gasteiger partial charge on any atom is -0.481 e. The zero-order valence-electron chi connectivity index (χ0n) is 15.2. The number of nitrogens with one attached hydrogen (secondary N) is 1. The molecule has 7 heteroatoms. The SMILES string of the molecule is CSCCC(NC(=O)c1cccc(C)c1)C(=O)N1CCCC1CC(=O)O. The number of likely N-dealkylation sites (tertiary alicyclic amines) is 1. The van der Waals surface area contributed by atoms with Crippen LogP contribution in [0.15, 0.2) is 24.3 Å². The number of carboxylic acid groups (broad SMARTS) is 1. The van der Waals surface area contributed by atoms with E-state index in [2.05, 4.69) is 5.32 Å². The monoisotopic (exact) mass is 378 g/mol. The van der Waals surface area contributed by atoms with Gasteiger partial charge in [0.2, 0.25) is 5.91 Å². The highest BCUT2D eigenvalue weighted by Crippen LogP contribution is 2.22. The molecule has 26 heavy (non-hydrogen) atoms. The highest BCUT2D eigenvalue weighted by molar-refractivity contribution is 7.98. The molecule has 1 aliphatic rings. The van der Waals surface area contributed by atoms with Crippen molar-refractivity contribution in [3.63, 3.8) is 0 Å². The summed E-state index contributed by atoms with van der Waals surface area (Å²) in [7, 11) is 0. The Morgan fingerprint density at radius 1 is 1.38 bits per heavy atom. The highest BCUT2D eigenvalue weighted by atomic mass is 32.2. The predicted molar refractivity (Wildman–Crippen MR) is 102 cm³/mol. The maximum Gasteiger partial charge on any atom is 0.305 e. The van der Waals surface area contributed by atoms with Crippen LogP contribution < -0.4 is 5.32 Å². The maximum absolute atomic E-state index is 13.0. The van der Waals surface area contributed by atoms with Gasteiger partial charge in [-0.2, -0.15) is 11.8 Å². The van der Waals surface area contributed by atoms with E-state index in [0.717, 1.165) is 17.7 Å². The van der Waals surface area contributed by atoms with E-state index in [0.29, 0.717) is 24.9 Å². The van der Waals surface area contributed by atoms with Crippen molar-refractivity contribution in [3.05, 3.63) is 35.4 Å². The second-order valence-corrected chi connectivity index (χ2v) is 7.59. The molecule has 2 amide bonds. The number of carboxylic acids is 1. The Labute approximate surface area is 158 Å². The lowest BCUT2D eigenvalue weighted by Crippen LogP contribution is -2.50. The molecule has 6 nitrogen and oxygen atoms in total. The van der Waals surface area contributed by atoms with Gasteiger partial charge >= 0.3 is 5.97 Å². The Bertz CT molecular complexity index is 665. The van der Waals surface area contributed by atoms with Crippen LogP contribution >= 0.6 is 11.8 Å². The number of nitrogens with zero attached hydrogens (tertiary/aromatic N) is 1. The highest BCUT2D eigenvalue weighted by Gasteiger charge is 2.34. The second-order valence-electron chi connectivity index (χ2n) is 6.60. The third kappa shape index (κ3) is 5.49. The predicted octanol–water partition coefficient (Wildman–Crippen LogP) is 2.31. The molecule has 0 spiro atoms. The molecule has 2 rings (SSSR count). The molecule has 0 radical (unpaired) electrons. The van der Waals surface area contributed by atoms with E-state index in [1.807, 2.05) is 25.3 Å². The number of benzene rings is 1. The number of carbonyl (C=O) groups is 3. The van der Waals surface area contributed by atoms with E-state index < -0.39 is 12.0 Å². The quantitative estimate of drug-likeness (QED) is 0.725. The molecular formula is C19H26N2O4S. The molecule has 2 atom stereocenters. The first kappa shape index (κ1) is 20.3. The number of rotatable bonds is 8. The fraction of sp³-hybridized carbons (Fsp3) is 0.526. The van der Waals surface area contributed by atoms with Gasteiger partial charge in [0.1, 0.15) is 6.04 Å². The second kappa shape index (κ2) is 9.62. The van der Waals surface area contributed by atoms with Gasteiger partial charge in [0.25, 0.3) is 5.91 Å². The lowest BCUT2D eigenvalue weighted by atomic mass is 10.1. The van der Waals surface area contributed by atoms with Gasteiger partial charge in [-0.05, 0) is 50.3 Å². The van der Waals surface area contributed by atoms with Crippen LogP contribution in [-0.2, 0) is 9.59 Å². The van der Waals surface area contributed by atoms with Gasteiger partial charge in [0, 0.05) is 18.2 Å². The molecule has 0 saturated carbocycles. The van der Waals surface area contributed by atoms with Crippen LogP contribution in [0.4, 0.5) is 0 Å². The van der Waals surface area contributed by atoms with E-state index in [-0.39, 0.29) is 24.3 Å². The largest absolute Gasteiger partial charge is 0.481 e. The van der Waals surface area contributed by atoms with Crippen LogP contribution in [0.1, 0.15) is 41.6 Å². The minimum absolute atomic E-state index is 0.0488. The fourth-order valence-electron chi connectivity index (χ4n) is 3.26. The van der Waals surface area contributed by atoms with Crippen LogP contribution in [0.3, 0.4) is 0 Å². The average Bonchev–Trinajstić information content (AvgIpc) is 3.05. The minimum atomic E-state index is -0.904. The van der Waals surface area contributed by atoms with Crippen molar-refractivity contribution in [1.82, 2.24) is 10.2 Å². The lowest BCUT2D eigenvalue weighted by Gasteiger charge is -2.28. The van der Waals surface area contributed by atoms with Gasteiger partial charge in [-0.3, -0.25) is 14.4 Å². The number of hydrogen-bond donors (Lipinski definition) is 2. The van der Waals surface area contributed by atoms with Crippen molar-refractivity contribution >= 4 is 29.5 Å². The van der Waals surface area contributed by atoms with Gasteiger partial charge in [-0.25, -0.2) is 0 Å². The summed E-state index contributed by atoms with van der Waals surface area (Å²) in [4.78, 5) is 38.2. The third-order valence-electron chi connectivity index (χ3n) is 4.56. The molecule has 142 valence electrons. The molecule has 1 aromatic carbocycles. The molecule has 1 aliphatic heterocycles. The van der Waals surface area contributed by atoms with Crippen LogP contribution in [0.25, 0.3) is 0 Å². The maximum atomic E-state index is 13.0. The number of aryl methyl sites for hydroxylation is 1. The summed E-state index contributed by atoms with van der Waals surface area (Å²) < 4.78 is 0. The van der Waals surface area contributed by atoms with E-state index in [4.69, 9.17) is 5.11 Å². The third-order valence-corrected chi connectivity index (χ3v) is 5.21. The number of thioether (sulfide) groups is 1. The molecule has 1 aromatic rings.